The first-order valence-electron chi connectivity index (χ1n) is 4.87. The quantitative estimate of drug-likeness (QED) is 0.756. The molecule has 1 aliphatic rings. The van der Waals surface area contributed by atoms with Crippen LogP contribution in [0, 0.1) is 6.92 Å². The monoisotopic (exact) mass is 179 g/mol. The van der Waals surface area contributed by atoms with Crippen LogP contribution in [0.3, 0.4) is 0 Å². The SMILES string of the molecule is Cc1nc(CCC2(N)CC2)cn1C. The van der Waals surface area contributed by atoms with Gasteiger partial charge in [-0.25, -0.2) is 4.98 Å². The van der Waals surface area contributed by atoms with E-state index in [9.17, 15) is 0 Å². The Labute approximate surface area is 79.0 Å². The minimum atomic E-state index is 0.158. The molecule has 1 aromatic heterocycles. The van der Waals surface area contributed by atoms with E-state index in [-0.39, 0.29) is 5.54 Å². The Morgan fingerprint density at radius 3 is 2.77 bits per heavy atom. The Balaban J connectivity index is 1.94. The average Bonchev–Trinajstić information content (AvgIpc) is 2.72. The predicted molar refractivity (Wildman–Crippen MR) is 52.4 cm³/mol. The smallest absolute Gasteiger partial charge is 0.105 e. The summed E-state index contributed by atoms with van der Waals surface area (Å²) in [5, 5.41) is 0. The van der Waals surface area contributed by atoms with Crippen molar-refractivity contribution in [2.24, 2.45) is 12.8 Å². The topological polar surface area (TPSA) is 43.8 Å². The van der Waals surface area contributed by atoms with Crippen LogP contribution in [0.2, 0.25) is 0 Å². The lowest BCUT2D eigenvalue weighted by Crippen LogP contribution is -2.22. The first-order chi connectivity index (χ1) is 6.09. The van der Waals surface area contributed by atoms with Crippen molar-refractivity contribution in [3.8, 4) is 0 Å². The maximum atomic E-state index is 6.00. The molecule has 2 rings (SSSR count). The number of hydrogen-bond donors (Lipinski definition) is 1. The van der Waals surface area contributed by atoms with Crippen molar-refractivity contribution in [1.29, 1.82) is 0 Å². The van der Waals surface area contributed by atoms with Crippen LogP contribution in [-0.2, 0) is 13.5 Å². The largest absolute Gasteiger partial charge is 0.338 e. The van der Waals surface area contributed by atoms with E-state index in [0.29, 0.717) is 0 Å². The third kappa shape index (κ3) is 1.91. The summed E-state index contributed by atoms with van der Waals surface area (Å²) in [5.41, 5.74) is 7.34. The van der Waals surface area contributed by atoms with Gasteiger partial charge in [0.25, 0.3) is 0 Å². The first-order valence-corrected chi connectivity index (χ1v) is 4.87. The van der Waals surface area contributed by atoms with Crippen molar-refractivity contribution in [2.45, 2.75) is 38.1 Å². The van der Waals surface area contributed by atoms with Crippen molar-refractivity contribution in [2.75, 3.05) is 0 Å². The molecule has 0 bridgehead atoms. The van der Waals surface area contributed by atoms with Crippen LogP contribution in [0.5, 0.6) is 0 Å². The molecule has 0 radical (unpaired) electrons. The zero-order valence-corrected chi connectivity index (χ0v) is 8.38. The van der Waals surface area contributed by atoms with E-state index in [1.807, 2.05) is 14.0 Å². The van der Waals surface area contributed by atoms with Crippen LogP contribution in [0.4, 0.5) is 0 Å². The van der Waals surface area contributed by atoms with E-state index in [4.69, 9.17) is 5.73 Å². The molecule has 1 aliphatic carbocycles. The molecule has 0 saturated heterocycles. The van der Waals surface area contributed by atoms with Crippen molar-refractivity contribution >= 4 is 0 Å². The predicted octanol–water partition coefficient (Wildman–Crippen LogP) is 1.15. The molecule has 3 nitrogen and oxygen atoms in total. The Bertz CT molecular complexity index is 290. The van der Waals surface area contributed by atoms with Crippen LogP contribution >= 0.6 is 0 Å². The second-order valence-corrected chi connectivity index (χ2v) is 4.25. The van der Waals surface area contributed by atoms with Crippen LogP contribution in [-0.4, -0.2) is 15.1 Å². The van der Waals surface area contributed by atoms with E-state index >= 15 is 0 Å². The van der Waals surface area contributed by atoms with Gasteiger partial charge in [-0.3, -0.25) is 0 Å². The molecule has 72 valence electrons. The van der Waals surface area contributed by atoms with Gasteiger partial charge < -0.3 is 10.3 Å². The van der Waals surface area contributed by atoms with Crippen LogP contribution < -0.4 is 5.73 Å². The van der Waals surface area contributed by atoms with Gasteiger partial charge in [-0.1, -0.05) is 0 Å². The lowest BCUT2D eigenvalue weighted by molar-refractivity contribution is 0.604. The van der Waals surface area contributed by atoms with Gasteiger partial charge in [0.2, 0.25) is 0 Å². The summed E-state index contributed by atoms with van der Waals surface area (Å²) < 4.78 is 2.06. The Morgan fingerprint density at radius 2 is 2.31 bits per heavy atom. The summed E-state index contributed by atoms with van der Waals surface area (Å²) in [7, 11) is 2.03. The molecule has 0 amide bonds. The fraction of sp³-hybridized carbons (Fsp3) is 0.700. The molecular weight excluding hydrogens is 162 g/mol. The fourth-order valence-electron chi connectivity index (χ4n) is 1.54. The van der Waals surface area contributed by atoms with Crippen molar-refractivity contribution < 1.29 is 0 Å². The molecule has 0 aliphatic heterocycles. The van der Waals surface area contributed by atoms with Crippen molar-refractivity contribution in [3.63, 3.8) is 0 Å². The highest BCUT2D eigenvalue weighted by molar-refractivity contribution is 5.07. The lowest BCUT2D eigenvalue weighted by atomic mass is 10.1. The number of imidazole rings is 1. The standard InChI is InChI=1S/C10H17N3/c1-8-12-9(7-13(8)2)3-4-10(11)5-6-10/h7H,3-6,11H2,1-2H3. The molecule has 1 aromatic rings. The Kier molecular flexibility index (Phi) is 1.91. The fourth-order valence-corrected chi connectivity index (χ4v) is 1.54. The molecular formula is C10H17N3. The first kappa shape index (κ1) is 8.75. The van der Waals surface area contributed by atoms with Gasteiger partial charge in [0.1, 0.15) is 5.82 Å². The number of aryl methyl sites for hydroxylation is 3. The van der Waals surface area contributed by atoms with E-state index in [1.165, 1.54) is 18.5 Å². The molecule has 2 N–H and O–H groups in total. The number of nitrogens with zero attached hydrogens (tertiary/aromatic N) is 2. The highest BCUT2D eigenvalue weighted by Crippen LogP contribution is 2.36. The lowest BCUT2D eigenvalue weighted by Gasteiger charge is -2.04. The summed E-state index contributed by atoms with van der Waals surface area (Å²) in [6, 6.07) is 0. The highest BCUT2D eigenvalue weighted by atomic mass is 15.0. The van der Waals surface area contributed by atoms with Gasteiger partial charge in [-0.2, -0.15) is 0 Å². The number of hydrogen-bond acceptors (Lipinski definition) is 2. The molecule has 1 saturated carbocycles. The average molecular weight is 179 g/mol. The number of nitrogens with two attached hydrogens (primary N) is 1. The van der Waals surface area contributed by atoms with E-state index < -0.39 is 0 Å². The Morgan fingerprint density at radius 1 is 1.62 bits per heavy atom. The minimum Gasteiger partial charge on any atom is -0.338 e. The molecule has 0 unspecified atom stereocenters. The summed E-state index contributed by atoms with van der Waals surface area (Å²) in [6.07, 6.45) is 6.60. The molecule has 0 aromatic carbocycles. The summed E-state index contributed by atoms with van der Waals surface area (Å²) >= 11 is 0. The molecule has 13 heavy (non-hydrogen) atoms. The molecule has 0 atom stereocenters. The minimum absolute atomic E-state index is 0.158. The molecule has 0 spiro atoms. The maximum Gasteiger partial charge on any atom is 0.105 e. The zero-order valence-electron chi connectivity index (χ0n) is 8.38. The summed E-state index contributed by atoms with van der Waals surface area (Å²) in [5.74, 6) is 1.08. The van der Waals surface area contributed by atoms with Gasteiger partial charge in [0.15, 0.2) is 0 Å². The van der Waals surface area contributed by atoms with Gasteiger partial charge in [0, 0.05) is 18.8 Å². The van der Waals surface area contributed by atoms with E-state index in [2.05, 4.69) is 15.7 Å². The van der Waals surface area contributed by atoms with Gasteiger partial charge >= 0.3 is 0 Å². The number of rotatable bonds is 3. The van der Waals surface area contributed by atoms with E-state index in [1.54, 1.807) is 0 Å². The van der Waals surface area contributed by atoms with Crippen LogP contribution in [0.15, 0.2) is 6.20 Å². The Hall–Kier alpha value is -0.830. The second-order valence-electron chi connectivity index (χ2n) is 4.25. The van der Waals surface area contributed by atoms with Crippen molar-refractivity contribution in [1.82, 2.24) is 9.55 Å². The molecule has 1 heterocycles. The summed E-state index contributed by atoms with van der Waals surface area (Å²) in [6.45, 7) is 2.03. The molecule has 3 heteroatoms. The second kappa shape index (κ2) is 2.84. The third-order valence-corrected chi connectivity index (χ3v) is 2.93. The summed E-state index contributed by atoms with van der Waals surface area (Å²) in [4.78, 5) is 4.45. The molecule has 1 fully saturated rings. The van der Waals surface area contributed by atoms with Gasteiger partial charge in [-0.15, -0.1) is 0 Å². The normalized spacial score (nSPS) is 19.0. The highest BCUT2D eigenvalue weighted by Gasteiger charge is 2.37. The van der Waals surface area contributed by atoms with Crippen LogP contribution in [0.1, 0.15) is 30.8 Å². The van der Waals surface area contributed by atoms with E-state index in [0.717, 1.165) is 18.7 Å². The third-order valence-electron chi connectivity index (χ3n) is 2.93. The number of aromatic nitrogens is 2. The van der Waals surface area contributed by atoms with Crippen LogP contribution in [0.25, 0.3) is 0 Å². The van der Waals surface area contributed by atoms with Crippen molar-refractivity contribution in [3.05, 3.63) is 17.7 Å². The van der Waals surface area contributed by atoms with Gasteiger partial charge in [-0.05, 0) is 32.6 Å². The maximum absolute atomic E-state index is 6.00. The zero-order chi connectivity index (χ0) is 9.47. The van der Waals surface area contributed by atoms with Gasteiger partial charge in [0.05, 0.1) is 5.69 Å².